The predicted molar refractivity (Wildman–Crippen MR) is 114 cm³/mol. The first-order chi connectivity index (χ1) is 13.8. The highest BCUT2D eigenvalue weighted by atomic mass is 32.1. The fourth-order valence-corrected chi connectivity index (χ4v) is 4.27. The Balaban J connectivity index is 1.41. The van der Waals surface area contributed by atoms with Gasteiger partial charge in [0.1, 0.15) is 0 Å². The number of rotatable bonds is 9. The van der Waals surface area contributed by atoms with Gasteiger partial charge < -0.3 is 4.57 Å². The second kappa shape index (κ2) is 8.99. The largest absolute Gasteiger partial charge is 0.337 e. The lowest BCUT2D eigenvalue weighted by atomic mass is 10.2. The minimum atomic E-state index is 0.945. The molecule has 3 aromatic heterocycles. The number of aromatic nitrogens is 4. The van der Waals surface area contributed by atoms with Gasteiger partial charge >= 0.3 is 0 Å². The van der Waals surface area contributed by atoms with Gasteiger partial charge in [0, 0.05) is 60.7 Å². The van der Waals surface area contributed by atoms with Gasteiger partial charge in [0.2, 0.25) is 0 Å². The van der Waals surface area contributed by atoms with E-state index in [2.05, 4.69) is 62.9 Å². The molecule has 4 rings (SSSR count). The Hall–Kier alpha value is -2.70. The van der Waals surface area contributed by atoms with Crippen molar-refractivity contribution < 1.29 is 0 Å². The Kier molecular flexibility index (Phi) is 5.99. The third-order valence-electron chi connectivity index (χ3n) is 4.74. The number of hydrogen-bond acceptors (Lipinski definition) is 4. The molecule has 0 unspecified atom stereocenters. The number of thiophene rings is 1. The van der Waals surface area contributed by atoms with E-state index < -0.39 is 0 Å². The summed E-state index contributed by atoms with van der Waals surface area (Å²) in [6.07, 6.45) is 10.6. The summed E-state index contributed by atoms with van der Waals surface area (Å²) in [4.78, 5) is 9.46. The van der Waals surface area contributed by atoms with E-state index in [-0.39, 0.29) is 0 Å². The van der Waals surface area contributed by atoms with Crippen molar-refractivity contribution in [3.63, 3.8) is 0 Å². The Bertz CT molecular complexity index is 955. The van der Waals surface area contributed by atoms with Crippen LogP contribution in [-0.4, -0.2) is 30.8 Å². The molecular formula is C22H25N5S. The summed E-state index contributed by atoms with van der Waals surface area (Å²) in [7, 11) is 0. The molecule has 0 amide bonds. The van der Waals surface area contributed by atoms with Crippen LogP contribution in [0.1, 0.15) is 21.7 Å². The van der Waals surface area contributed by atoms with Crippen molar-refractivity contribution >= 4 is 11.3 Å². The molecule has 0 saturated carbocycles. The van der Waals surface area contributed by atoms with Crippen LogP contribution in [0.2, 0.25) is 0 Å². The Morgan fingerprint density at radius 2 is 1.89 bits per heavy atom. The smallest absolute Gasteiger partial charge is 0.0945 e. The minimum Gasteiger partial charge on any atom is -0.337 e. The van der Waals surface area contributed by atoms with Crippen LogP contribution in [0.5, 0.6) is 0 Å². The molecule has 0 aliphatic carbocycles. The van der Waals surface area contributed by atoms with Gasteiger partial charge in [0.15, 0.2) is 0 Å². The maximum Gasteiger partial charge on any atom is 0.0945 e. The molecule has 4 aromatic rings. The van der Waals surface area contributed by atoms with Crippen molar-refractivity contribution in [2.45, 2.75) is 33.0 Å². The first-order valence-electron chi connectivity index (χ1n) is 9.59. The monoisotopic (exact) mass is 391 g/mol. The van der Waals surface area contributed by atoms with Gasteiger partial charge in [0.05, 0.1) is 12.0 Å². The van der Waals surface area contributed by atoms with E-state index in [1.807, 2.05) is 47.0 Å². The van der Waals surface area contributed by atoms with Crippen LogP contribution in [0.4, 0.5) is 0 Å². The Morgan fingerprint density at radius 1 is 1.00 bits per heavy atom. The van der Waals surface area contributed by atoms with Gasteiger partial charge in [-0.15, -0.1) is 11.3 Å². The van der Waals surface area contributed by atoms with Crippen LogP contribution < -0.4 is 0 Å². The number of aryl methyl sites for hydroxylation is 2. The van der Waals surface area contributed by atoms with Gasteiger partial charge in [-0.2, -0.15) is 5.10 Å². The second-order valence-electron chi connectivity index (χ2n) is 6.99. The van der Waals surface area contributed by atoms with Gasteiger partial charge in [-0.05, 0) is 49.2 Å². The van der Waals surface area contributed by atoms with Crippen LogP contribution in [0.15, 0.2) is 73.6 Å². The Labute approximate surface area is 169 Å². The zero-order valence-electron chi connectivity index (χ0n) is 16.1. The maximum atomic E-state index is 4.30. The van der Waals surface area contributed by atoms with Crippen molar-refractivity contribution in [2.75, 3.05) is 6.54 Å². The summed E-state index contributed by atoms with van der Waals surface area (Å²) in [5.41, 5.74) is 2.42. The van der Waals surface area contributed by atoms with Gasteiger partial charge in [0.25, 0.3) is 0 Å². The lowest BCUT2D eigenvalue weighted by molar-refractivity contribution is 0.250. The third-order valence-corrected chi connectivity index (χ3v) is 5.72. The molecule has 0 radical (unpaired) electrons. The van der Waals surface area contributed by atoms with E-state index in [0.29, 0.717) is 0 Å². The molecule has 0 saturated heterocycles. The van der Waals surface area contributed by atoms with E-state index in [1.54, 1.807) is 6.20 Å². The van der Waals surface area contributed by atoms with Gasteiger partial charge in [-0.1, -0.05) is 12.1 Å². The highest BCUT2D eigenvalue weighted by molar-refractivity contribution is 7.11. The lowest BCUT2D eigenvalue weighted by Gasteiger charge is -2.22. The topological polar surface area (TPSA) is 38.9 Å². The van der Waals surface area contributed by atoms with E-state index >= 15 is 0 Å². The zero-order valence-corrected chi connectivity index (χ0v) is 16.9. The van der Waals surface area contributed by atoms with Crippen LogP contribution in [-0.2, 0) is 19.6 Å². The van der Waals surface area contributed by atoms with Crippen molar-refractivity contribution in [1.82, 2.24) is 24.2 Å². The number of hydrogen-bond donors (Lipinski definition) is 0. The lowest BCUT2D eigenvalue weighted by Crippen LogP contribution is -2.24. The molecule has 0 aliphatic rings. The minimum absolute atomic E-state index is 0.945. The molecule has 144 valence electrons. The number of benzene rings is 1. The SMILES string of the molecule is Cc1ccc(CN(CCCn2ccnc2)Cc2ccc(-n3cccn3)cc2)s1. The van der Waals surface area contributed by atoms with E-state index in [9.17, 15) is 0 Å². The molecule has 28 heavy (non-hydrogen) atoms. The summed E-state index contributed by atoms with van der Waals surface area (Å²) in [5.74, 6) is 0. The molecule has 3 heterocycles. The summed E-state index contributed by atoms with van der Waals surface area (Å²) in [5, 5.41) is 4.30. The van der Waals surface area contributed by atoms with Crippen LogP contribution in [0.25, 0.3) is 5.69 Å². The van der Waals surface area contributed by atoms with Gasteiger partial charge in [-0.25, -0.2) is 9.67 Å². The van der Waals surface area contributed by atoms with Crippen LogP contribution in [0.3, 0.4) is 0 Å². The highest BCUT2D eigenvalue weighted by Gasteiger charge is 2.09. The van der Waals surface area contributed by atoms with Crippen molar-refractivity contribution in [3.8, 4) is 5.69 Å². The normalized spacial score (nSPS) is 11.4. The summed E-state index contributed by atoms with van der Waals surface area (Å²) in [6.45, 7) is 6.16. The molecule has 0 N–H and O–H groups in total. The fourth-order valence-electron chi connectivity index (χ4n) is 3.33. The molecule has 0 spiro atoms. The van der Waals surface area contributed by atoms with Crippen molar-refractivity contribution in [3.05, 3.63) is 88.9 Å². The molecule has 0 aliphatic heterocycles. The fraction of sp³-hybridized carbons (Fsp3) is 0.273. The van der Waals surface area contributed by atoms with Gasteiger partial charge in [-0.3, -0.25) is 4.90 Å². The first kappa shape index (κ1) is 18.7. The predicted octanol–water partition coefficient (Wildman–Crippen LogP) is 4.53. The van der Waals surface area contributed by atoms with Crippen LogP contribution >= 0.6 is 11.3 Å². The molecule has 0 atom stereocenters. The Morgan fingerprint density at radius 3 is 2.57 bits per heavy atom. The second-order valence-corrected chi connectivity index (χ2v) is 8.37. The average molecular weight is 392 g/mol. The molecule has 5 nitrogen and oxygen atoms in total. The quantitative estimate of drug-likeness (QED) is 0.421. The first-order valence-corrected chi connectivity index (χ1v) is 10.4. The van der Waals surface area contributed by atoms with E-state index in [0.717, 1.165) is 38.3 Å². The maximum absolute atomic E-state index is 4.30. The molecule has 6 heteroatoms. The van der Waals surface area contributed by atoms with Crippen molar-refractivity contribution in [2.24, 2.45) is 0 Å². The summed E-state index contributed by atoms with van der Waals surface area (Å²) in [6, 6.07) is 15.1. The molecular weight excluding hydrogens is 366 g/mol. The highest BCUT2D eigenvalue weighted by Crippen LogP contribution is 2.19. The molecule has 1 aromatic carbocycles. The summed E-state index contributed by atoms with van der Waals surface area (Å²) < 4.78 is 4.04. The van der Waals surface area contributed by atoms with E-state index in [4.69, 9.17) is 0 Å². The number of imidazole rings is 1. The molecule has 0 fully saturated rings. The van der Waals surface area contributed by atoms with Crippen LogP contribution in [0, 0.1) is 6.92 Å². The standard InChI is InChI=1S/C22H25N5S/c1-19-4-9-22(28-19)17-26(13-3-12-25-15-11-23-18-25)16-20-5-7-21(8-6-20)27-14-2-10-24-27/h2,4-11,14-15,18H,3,12-13,16-17H2,1H3. The third kappa shape index (κ3) is 4.97. The zero-order chi connectivity index (χ0) is 19.2. The average Bonchev–Trinajstić information content (AvgIpc) is 3.45. The summed E-state index contributed by atoms with van der Waals surface area (Å²) >= 11 is 1.89. The van der Waals surface area contributed by atoms with Crippen molar-refractivity contribution in [1.29, 1.82) is 0 Å². The van der Waals surface area contributed by atoms with E-state index in [1.165, 1.54) is 15.3 Å². The molecule has 0 bridgehead atoms. The number of nitrogens with zero attached hydrogens (tertiary/aromatic N) is 5.